The third kappa shape index (κ3) is 4.51. The van der Waals surface area contributed by atoms with Gasteiger partial charge >= 0.3 is 0 Å². The van der Waals surface area contributed by atoms with E-state index >= 15 is 0 Å². The fraction of sp³-hybridized carbons (Fsp3) is 0.643. The minimum absolute atomic E-state index is 0.0363. The second-order valence-electron chi connectivity index (χ2n) is 5.08. The number of thiophene rings is 1. The first-order valence-electron chi connectivity index (χ1n) is 6.83. The molecular weight excluding hydrogens is 258 g/mol. The maximum atomic E-state index is 5.76. The quantitative estimate of drug-likeness (QED) is 0.641. The predicted octanol–water partition coefficient (Wildman–Crippen LogP) is 2.02. The number of rotatable bonds is 5. The second kappa shape index (κ2) is 6.91. The monoisotopic (exact) mass is 281 g/mol. The molecule has 1 aromatic rings. The Balaban J connectivity index is 1.68. The summed E-state index contributed by atoms with van der Waals surface area (Å²) in [6, 6.07) is 4.25. The van der Waals surface area contributed by atoms with E-state index in [-0.39, 0.29) is 5.60 Å². The van der Waals surface area contributed by atoms with E-state index in [4.69, 9.17) is 4.74 Å². The van der Waals surface area contributed by atoms with Crippen molar-refractivity contribution in [2.45, 2.75) is 31.8 Å². The van der Waals surface area contributed by atoms with Gasteiger partial charge in [0.25, 0.3) is 0 Å². The van der Waals surface area contributed by atoms with Crippen molar-refractivity contribution >= 4 is 17.3 Å². The van der Waals surface area contributed by atoms with Crippen LogP contribution in [-0.2, 0) is 11.2 Å². The number of aliphatic imine (C=N–C) groups is 1. The van der Waals surface area contributed by atoms with Crippen molar-refractivity contribution in [2.75, 3.05) is 26.7 Å². The number of guanidine groups is 1. The Morgan fingerprint density at radius 3 is 3.05 bits per heavy atom. The fourth-order valence-corrected chi connectivity index (χ4v) is 2.94. The van der Waals surface area contributed by atoms with Gasteiger partial charge in [-0.05, 0) is 37.6 Å². The van der Waals surface area contributed by atoms with E-state index in [0.29, 0.717) is 0 Å². The fourth-order valence-electron chi connectivity index (χ4n) is 2.23. The molecule has 0 saturated carbocycles. The molecule has 2 rings (SSSR count). The third-order valence-corrected chi connectivity index (χ3v) is 4.33. The van der Waals surface area contributed by atoms with Gasteiger partial charge in [-0.2, -0.15) is 0 Å². The summed E-state index contributed by atoms with van der Waals surface area (Å²) >= 11 is 1.80. The summed E-state index contributed by atoms with van der Waals surface area (Å²) in [6.07, 6.45) is 3.31. The van der Waals surface area contributed by atoms with Crippen LogP contribution in [0.1, 0.15) is 24.6 Å². The van der Waals surface area contributed by atoms with Crippen molar-refractivity contribution < 1.29 is 4.74 Å². The van der Waals surface area contributed by atoms with E-state index in [9.17, 15) is 0 Å². The molecular formula is C14H23N3OS. The summed E-state index contributed by atoms with van der Waals surface area (Å²) in [7, 11) is 1.80. The summed E-state index contributed by atoms with van der Waals surface area (Å²) in [5, 5.41) is 8.80. The summed E-state index contributed by atoms with van der Waals surface area (Å²) in [5.41, 5.74) is -0.0363. The Labute approximate surface area is 119 Å². The molecule has 1 fully saturated rings. The topological polar surface area (TPSA) is 45.7 Å². The molecule has 1 unspecified atom stereocenters. The van der Waals surface area contributed by atoms with Gasteiger partial charge in [-0.25, -0.2) is 0 Å². The van der Waals surface area contributed by atoms with E-state index in [2.05, 4.69) is 40.1 Å². The first-order valence-corrected chi connectivity index (χ1v) is 7.71. The van der Waals surface area contributed by atoms with Gasteiger partial charge in [-0.1, -0.05) is 6.07 Å². The van der Waals surface area contributed by atoms with Crippen LogP contribution in [0.15, 0.2) is 22.5 Å². The van der Waals surface area contributed by atoms with Gasteiger partial charge in [-0.3, -0.25) is 4.99 Å². The van der Waals surface area contributed by atoms with Gasteiger partial charge in [0.05, 0.1) is 5.60 Å². The molecule has 1 aromatic heterocycles. The van der Waals surface area contributed by atoms with Crippen molar-refractivity contribution in [3.63, 3.8) is 0 Å². The highest BCUT2D eigenvalue weighted by atomic mass is 32.1. The summed E-state index contributed by atoms with van der Waals surface area (Å²) in [4.78, 5) is 5.64. The van der Waals surface area contributed by atoms with Crippen molar-refractivity contribution in [3.05, 3.63) is 22.4 Å². The van der Waals surface area contributed by atoms with E-state index < -0.39 is 0 Å². The van der Waals surface area contributed by atoms with Gasteiger partial charge in [0.2, 0.25) is 0 Å². The Morgan fingerprint density at radius 2 is 2.42 bits per heavy atom. The number of hydrogen-bond donors (Lipinski definition) is 2. The molecule has 0 radical (unpaired) electrons. The molecule has 5 heteroatoms. The highest BCUT2D eigenvalue weighted by Crippen LogP contribution is 2.23. The third-order valence-electron chi connectivity index (χ3n) is 3.40. The molecule has 0 aliphatic carbocycles. The summed E-state index contributed by atoms with van der Waals surface area (Å²) < 4.78 is 5.76. The second-order valence-corrected chi connectivity index (χ2v) is 6.12. The Morgan fingerprint density at radius 1 is 1.53 bits per heavy atom. The molecule has 106 valence electrons. The predicted molar refractivity (Wildman–Crippen MR) is 81.0 cm³/mol. The van der Waals surface area contributed by atoms with E-state index in [0.717, 1.165) is 44.9 Å². The van der Waals surface area contributed by atoms with Crippen LogP contribution in [0, 0.1) is 0 Å². The van der Waals surface area contributed by atoms with Crippen LogP contribution < -0.4 is 10.6 Å². The van der Waals surface area contributed by atoms with Crippen LogP contribution in [0.3, 0.4) is 0 Å². The van der Waals surface area contributed by atoms with Crippen LogP contribution in [0.25, 0.3) is 0 Å². The lowest BCUT2D eigenvalue weighted by Gasteiger charge is -2.24. The molecule has 0 aromatic carbocycles. The molecule has 0 spiro atoms. The van der Waals surface area contributed by atoms with Crippen molar-refractivity contribution in [3.8, 4) is 0 Å². The first kappa shape index (κ1) is 14.3. The Hall–Kier alpha value is -1.07. The van der Waals surface area contributed by atoms with Gasteiger partial charge in [0.15, 0.2) is 5.96 Å². The molecule has 2 N–H and O–H groups in total. The first-order chi connectivity index (χ1) is 9.22. The zero-order chi connectivity index (χ0) is 13.6. The largest absolute Gasteiger partial charge is 0.373 e. The van der Waals surface area contributed by atoms with Gasteiger partial charge in [0, 0.05) is 31.6 Å². The molecule has 1 aliphatic heterocycles. The normalized spacial score (nSPS) is 23.6. The van der Waals surface area contributed by atoms with Crippen LogP contribution in [0.5, 0.6) is 0 Å². The summed E-state index contributed by atoms with van der Waals surface area (Å²) in [6.45, 7) is 4.75. The van der Waals surface area contributed by atoms with E-state index in [1.54, 1.807) is 18.4 Å². The maximum Gasteiger partial charge on any atom is 0.191 e. The SMILES string of the molecule is CN=C(NCCc1cccs1)NCC1(C)CCCO1. The number of nitrogens with one attached hydrogen (secondary N) is 2. The highest BCUT2D eigenvalue weighted by molar-refractivity contribution is 7.09. The zero-order valence-electron chi connectivity index (χ0n) is 11.7. The van der Waals surface area contributed by atoms with E-state index in [1.165, 1.54) is 4.88 Å². The van der Waals surface area contributed by atoms with Crippen LogP contribution in [0.4, 0.5) is 0 Å². The summed E-state index contributed by atoms with van der Waals surface area (Å²) in [5.74, 6) is 0.855. The zero-order valence-corrected chi connectivity index (χ0v) is 12.6. The van der Waals surface area contributed by atoms with Crippen LogP contribution in [-0.4, -0.2) is 38.3 Å². The smallest absolute Gasteiger partial charge is 0.191 e. The lowest BCUT2D eigenvalue weighted by atomic mass is 10.0. The number of hydrogen-bond acceptors (Lipinski definition) is 3. The molecule has 0 bridgehead atoms. The molecule has 1 atom stereocenters. The minimum Gasteiger partial charge on any atom is -0.373 e. The lowest BCUT2D eigenvalue weighted by molar-refractivity contribution is 0.0243. The van der Waals surface area contributed by atoms with Crippen LogP contribution >= 0.6 is 11.3 Å². The number of nitrogens with zero attached hydrogens (tertiary/aromatic N) is 1. The minimum atomic E-state index is -0.0363. The number of ether oxygens (including phenoxy) is 1. The molecule has 4 nitrogen and oxygen atoms in total. The maximum absolute atomic E-state index is 5.76. The highest BCUT2D eigenvalue weighted by Gasteiger charge is 2.29. The molecule has 0 amide bonds. The Kier molecular flexibility index (Phi) is 5.22. The molecule has 1 saturated heterocycles. The Bertz CT molecular complexity index is 397. The van der Waals surface area contributed by atoms with E-state index in [1.807, 2.05) is 0 Å². The molecule has 19 heavy (non-hydrogen) atoms. The van der Waals surface area contributed by atoms with Crippen LogP contribution in [0.2, 0.25) is 0 Å². The average molecular weight is 281 g/mol. The molecule has 1 aliphatic rings. The molecule has 2 heterocycles. The van der Waals surface area contributed by atoms with Gasteiger partial charge < -0.3 is 15.4 Å². The lowest BCUT2D eigenvalue weighted by Crippen LogP contribution is -2.45. The standard InChI is InChI=1S/C14H23N3OS/c1-14(7-4-9-18-14)11-17-13(15-2)16-8-6-12-5-3-10-19-12/h3,5,10H,4,6-9,11H2,1-2H3,(H2,15,16,17). The van der Waals surface area contributed by atoms with Crippen molar-refractivity contribution in [1.29, 1.82) is 0 Å². The van der Waals surface area contributed by atoms with Gasteiger partial charge in [0.1, 0.15) is 0 Å². The average Bonchev–Trinajstić information content (AvgIpc) is 3.06. The van der Waals surface area contributed by atoms with Crippen molar-refractivity contribution in [2.24, 2.45) is 4.99 Å². The van der Waals surface area contributed by atoms with Crippen molar-refractivity contribution in [1.82, 2.24) is 10.6 Å². The van der Waals surface area contributed by atoms with Gasteiger partial charge in [-0.15, -0.1) is 11.3 Å².